The Morgan fingerprint density at radius 2 is 1.19 bits per heavy atom. The Bertz CT molecular complexity index is 432. The van der Waals surface area contributed by atoms with Crippen molar-refractivity contribution in [3.63, 3.8) is 0 Å². The number of hydrogen-bond donors (Lipinski definition) is 0. The summed E-state index contributed by atoms with van der Waals surface area (Å²) in [6.07, 6.45) is 6.61. The third kappa shape index (κ3) is 27.0. The van der Waals surface area contributed by atoms with Crippen molar-refractivity contribution in [3.8, 4) is 0 Å². The van der Waals surface area contributed by atoms with Crippen LogP contribution in [0.2, 0.25) is 0 Å². The summed E-state index contributed by atoms with van der Waals surface area (Å²) in [4.78, 5) is 11.7. The third-order valence-corrected chi connectivity index (χ3v) is 4.44. The number of ether oxygens (including phenoxy) is 5. The van der Waals surface area contributed by atoms with E-state index < -0.39 is 12.6 Å². The van der Waals surface area contributed by atoms with Gasteiger partial charge in [-0.15, -0.1) is 6.58 Å². The van der Waals surface area contributed by atoms with Crippen LogP contribution in [0.25, 0.3) is 0 Å². The van der Waals surface area contributed by atoms with Crippen molar-refractivity contribution in [3.05, 3.63) is 12.7 Å². The summed E-state index contributed by atoms with van der Waals surface area (Å²) in [5, 5.41) is 0. The summed E-state index contributed by atoms with van der Waals surface area (Å²) >= 11 is 0. The van der Waals surface area contributed by atoms with Crippen LogP contribution < -0.4 is 0 Å². The Kier molecular flexibility index (Phi) is 22.4. The Balaban J connectivity index is 3.17. The molecule has 9 heteroatoms. The molecule has 0 fully saturated rings. The van der Waals surface area contributed by atoms with Gasteiger partial charge in [0.05, 0.1) is 52.7 Å². The van der Waals surface area contributed by atoms with Gasteiger partial charge in [-0.3, -0.25) is 4.79 Å². The van der Waals surface area contributed by atoms with E-state index in [1.165, 1.54) is 32.1 Å². The molecule has 0 rings (SSSR count). The zero-order chi connectivity index (χ0) is 23.8. The van der Waals surface area contributed by atoms with Gasteiger partial charge in [0.2, 0.25) is 0 Å². The molecular formula is C23H41F3O6. The van der Waals surface area contributed by atoms with Crippen LogP contribution in [0.5, 0.6) is 0 Å². The number of rotatable bonds is 25. The minimum absolute atomic E-state index is 0.0797. The molecular weight excluding hydrogens is 429 g/mol. The highest BCUT2D eigenvalue weighted by Crippen LogP contribution is 2.18. The first-order chi connectivity index (χ1) is 15.5. The molecule has 6 nitrogen and oxygen atoms in total. The van der Waals surface area contributed by atoms with E-state index in [1.54, 1.807) is 0 Å². The van der Waals surface area contributed by atoms with Crippen molar-refractivity contribution in [1.29, 1.82) is 0 Å². The van der Waals surface area contributed by atoms with E-state index in [-0.39, 0.29) is 39.0 Å². The number of alkyl halides is 3. The van der Waals surface area contributed by atoms with Gasteiger partial charge in [0.15, 0.2) is 5.78 Å². The predicted octanol–water partition coefficient (Wildman–Crippen LogP) is 5.25. The highest BCUT2D eigenvalue weighted by atomic mass is 19.4. The summed E-state index contributed by atoms with van der Waals surface area (Å²) in [5.41, 5.74) is 0. The first-order valence-electron chi connectivity index (χ1n) is 11.5. The monoisotopic (exact) mass is 470 g/mol. The van der Waals surface area contributed by atoms with Crippen LogP contribution in [0.4, 0.5) is 13.2 Å². The molecule has 0 aromatic carbocycles. The summed E-state index contributed by atoms with van der Waals surface area (Å²) < 4.78 is 61.3. The van der Waals surface area contributed by atoms with E-state index in [0.29, 0.717) is 32.8 Å². The van der Waals surface area contributed by atoms with E-state index in [2.05, 4.69) is 6.58 Å². The molecule has 0 saturated heterocycles. The van der Waals surface area contributed by atoms with Gasteiger partial charge in [-0.05, 0) is 19.3 Å². The number of allylic oxidation sites excluding steroid dienone is 1. The second kappa shape index (κ2) is 23.2. The lowest BCUT2D eigenvalue weighted by atomic mass is 10.1. The zero-order valence-electron chi connectivity index (χ0n) is 19.3. The molecule has 0 aliphatic heterocycles. The number of carbonyl (C=O) groups is 1. The van der Waals surface area contributed by atoms with Crippen molar-refractivity contribution in [1.82, 2.24) is 0 Å². The summed E-state index contributed by atoms with van der Waals surface area (Å²) in [7, 11) is 0. The van der Waals surface area contributed by atoms with E-state index in [4.69, 9.17) is 23.7 Å². The van der Waals surface area contributed by atoms with Crippen molar-refractivity contribution < 1.29 is 41.7 Å². The first kappa shape index (κ1) is 31.0. The number of ketones is 1. The van der Waals surface area contributed by atoms with Crippen LogP contribution in [0.1, 0.15) is 64.2 Å². The zero-order valence-corrected chi connectivity index (χ0v) is 19.3. The van der Waals surface area contributed by atoms with E-state index in [1.807, 2.05) is 6.08 Å². The maximum absolute atomic E-state index is 11.9. The van der Waals surface area contributed by atoms with Gasteiger partial charge in [-0.2, -0.15) is 13.2 Å². The normalized spacial score (nSPS) is 11.7. The molecule has 0 unspecified atom stereocenters. The van der Waals surface area contributed by atoms with Crippen LogP contribution in [0.3, 0.4) is 0 Å². The molecule has 0 aliphatic rings. The fourth-order valence-electron chi connectivity index (χ4n) is 2.68. The average Bonchev–Trinajstić information content (AvgIpc) is 2.74. The topological polar surface area (TPSA) is 63.2 Å². The lowest BCUT2D eigenvalue weighted by molar-refractivity contribution is -0.146. The van der Waals surface area contributed by atoms with Crippen LogP contribution in [0.15, 0.2) is 12.7 Å². The van der Waals surface area contributed by atoms with Gasteiger partial charge < -0.3 is 23.7 Å². The molecule has 0 atom stereocenters. The van der Waals surface area contributed by atoms with Crippen molar-refractivity contribution in [2.24, 2.45) is 0 Å². The quantitative estimate of drug-likeness (QED) is 0.103. The second-order valence-corrected chi connectivity index (χ2v) is 7.42. The Morgan fingerprint density at radius 3 is 1.78 bits per heavy atom. The van der Waals surface area contributed by atoms with Gasteiger partial charge in [-0.1, -0.05) is 38.2 Å². The van der Waals surface area contributed by atoms with E-state index in [0.717, 1.165) is 19.3 Å². The lowest BCUT2D eigenvalue weighted by Gasteiger charge is -2.08. The number of hydrogen-bond acceptors (Lipinski definition) is 6. The number of Topliss-reactive ketones (excluding diaryl/α,β-unsaturated/α-hetero) is 1. The SMILES string of the molecule is C=CCCCCCCCCCC(=O)COCCOCOCCOCCOCCC(F)(F)F. The third-order valence-electron chi connectivity index (χ3n) is 4.44. The van der Waals surface area contributed by atoms with Gasteiger partial charge in [0.25, 0.3) is 0 Å². The molecule has 0 aliphatic carbocycles. The van der Waals surface area contributed by atoms with E-state index in [9.17, 15) is 18.0 Å². The van der Waals surface area contributed by atoms with Crippen LogP contribution in [-0.2, 0) is 28.5 Å². The van der Waals surface area contributed by atoms with Gasteiger partial charge in [0, 0.05) is 6.42 Å². The minimum Gasteiger partial charge on any atom is -0.379 e. The summed E-state index contributed by atoms with van der Waals surface area (Å²) in [5.74, 6) is 0.117. The number of unbranched alkanes of at least 4 members (excludes halogenated alkanes) is 7. The lowest BCUT2D eigenvalue weighted by Crippen LogP contribution is -2.15. The first-order valence-corrected chi connectivity index (χ1v) is 11.5. The fourth-order valence-corrected chi connectivity index (χ4v) is 2.68. The molecule has 0 aromatic rings. The molecule has 190 valence electrons. The molecule has 32 heavy (non-hydrogen) atoms. The molecule has 0 bridgehead atoms. The Morgan fingerprint density at radius 1 is 0.688 bits per heavy atom. The molecule has 0 amide bonds. The minimum atomic E-state index is -4.19. The predicted molar refractivity (Wildman–Crippen MR) is 117 cm³/mol. The summed E-state index contributed by atoms with van der Waals surface area (Å²) in [6, 6.07) is 0. The Hall–Kier alpha value is -1.00. The van der Waals surface area contributed by atoms with Gasteiger partial charge in [0.1, 0.15) is 13.4 Å². The van der Waals surface area contributed by atoms with Gasteiger partial charge >= 0.3 is 6.18 Å². The molecule has 0 radical (unpaired) electrons. The van der Waals surface area contributed by atoms with Crippen LogP contribution in [0, 0.1) is 0 Å². The van der Waals surface area contributed by atoms with Crippen LogP contribution >= 0.6 is 0 Å². The molecule has 0 N–H and O–H groups in total. The standard InChI is InChI=1S/C23H41F3O6/c1-2-3-4-5-6-7-8-9-10-11-22(27)20-30-17-19-32-21-31-18-16-29-15-14-28-13-12-23(24,25)26/h2H,1,3-21H2. The second-order valence-electron chi connectivity index (χ2n) is 7.42. The largest absolute Gasteiger partial charge is 0.391 e. The highest BCUT2D eigenvalue weighted by molar-refractivity contribution is 5.79. The van der Waals surface area contributed by atoms with E-state index >= 15 is 0 Å². The average molecular weight is 471 g/mol. The number of carbonyl (C=O) groups excluding carboxylic acids is 1. The molecule has 0 aromatic heterocycles. The van der Waals surface area contributed by atoms with Crippen molar-refractivity contribution >= 4 is 5.78 Å². The smallest absolute Gasteiger partial charge is 0.379 e. The Labute approximate surface area is 190 Å². The highest BCUT2D eigenvalue weighted by Gasteiger charge is 2.26. The summed E-state index contributed by atoms with van der Waals surface area (Å²) in [6.45, 7) is 5.12. The molecule has 0 saturated carbocycles. The molecule has 0 heterocycles. The van der Waals surface area contributed by atoms with Crippen molar-refractivity contribution in [2.45, 2.75) is 70.4 Å². The van der Waals surface area contributed by atoms with Crippen LogP contribution in [-0.4, -0.2) is 71.6 Å². The fraction of sp³-hybridized carbons (Fsp3) is 0.870. The molecule has 0 spiro atoms. The maximum Gasteiger partial charge on any atom is 0.391 e. The maximum atomic E-state index is 11.9. The van der Waals surface area contributed by atoms with Crippen molar-refractivity contribution in [2.75, 3.05) is 59.6 Å². The number of halogens is 3. The van der Waals surface area contributed by atoms with Gasteiger partial charge in [-0.25, -0.2) is 0 Å².